The second-order valence-corrected chi connectivity index (χ2v) is 7.24. The van der Waals surface area contributed by atoms with Crippen LogP contribution in [0.3, 0.4) is 0 Å². The summed E-state index contributed by atoms with van der Waals surface area (Å²) in [6.07, 6.45) is 1.86. The third-order valence-electron chi connectivity index (χ3n) is 4.77. The number of hydrogen-bond acceptors (Lipinski definition) is 5. The SMILES string of the molecule is O=C(NCc1ccc(-c2csnn2)cc1)Nc1cccc2c1CC(O)CC2. The van der Waals surface area contributed by atoms with Crippen LogP contribution < -0.4 is 10.6 Å². The lowest BCUT2D eigenvalue weighted by Crippen LogP contribution is -2.29. The van der Waals surface area contributed by atoms with Gasteiger partial charge in [0.1, 0.15) is 5.69 Å². The van der Waals surface area contributed by atoms with Gasteiger partial charge in [-0.1, -0.05) is 40.9 Å². The monoisotopic (exact) mass is 380 g/mol. The Morgan fingerprint density at radius 3 is 2.85 bits per heavy atom. The number of anilines is 1. The van der Waals surface area contributed by atoms with E-state index in [1.54, 1.807) is 0 Å². The van der Waals surface area contributed by atoms with Gasteiger partial charge in [-0.25, -0.2) is 4.79 Å². The Kier molecular flexibility index (Phi) is 5.13. The largest absolute Gasteiger partial charge is 0.393 e. The average Bonchev–Trinajstić information content (AvgIpc) is 3.22. The van der Waals surface area contributed by atoms with Crippen molar-refractivity contribution in [2.75, 3.05) is 5.32 Å². The summed E-state index contributed by atoms with van der Waals surface area (Å²) in [4.78, 5) is 12.3. The number of aliphatic hydroxyl groups excluding tert-OH is 1. The molecular weight excluding hydrogens is 360 g/mol. The molecule has 1 aliphatic rings. The lowest BCUT2D eigenvalue weighted by atomic mass is 9.88. The van der Waals surface area contributed by atoms with Crippen molar-refractivity contribution in [1.29, 1.82) is 0 Å². The molecule has 0 spiro atoms. The number of carbonyl (C=O) groups excluding carboxylic acids is 1. The van der Waals surface area contributed by atoms with Gasteiger partial charge in [0.25, 0.3) is 0 Å². The highest BCUT2D eigenvalue weighted by Crippen LogP contribution is 2.28. The Bertz CT molecular complexity index is 926. The minimum absolute atomic E-state index is 0.253. The minimum Gasteiger partial charge on any atom is -0.393 e. The second kappa shape index (κ2) is 7.85. The molecule has 27 heavy (non-hydrogen) atoms. The first-order valence-electron chi connectivity index (χ1n) is 8.89. The van der Waals surface area contributed by atoms with E-state index >= 15 is 0 Å². The Morgan fingerprint density at radius 1 is 1.22 bits per heavy atom. The zero-order valence-electron chi connectivity index (χ0n) is 14.7. The van der Waals surface area contributed by atoms with E-state index in [2.05, 4.69) is 26.3 Å². The van der Waals surface area contributed by atoms with Crippen LogP contribution in [0.5, 0.6) is 0 Å². The fourth-order valence-corrected chi connectivity index (χ4v) is 3.78. The molecule has 0 radical (unpaired) electrons. The van der Waals surface area contributed by atoms with Crippen molar-refractivity contribution in [3.63, 3.8) is 0 Å². The first kappa shape index (κ1) is 17.6. The van der Waals surface area contributed by atoms with Crippen molar-refractivity contribution < 1.29 is 9.90 Å². The summed E-state index contributed by atoms with van der Waals surface area (Å²) in [5.74, 6) is 0. The van der Waals surface area contributed by atoms with Crippen LogP contribution in [0, 0.1) is 0 Å². The highest BCUT2D eigenvalue weighted by Gasteiger charge is 2.19. The fourth-order valence-electron chi connectivity index (χ4n) is 3.32. The second-order valence-electron chi connectivity index (χ2n) is 6.63. The molecule has 1 aliphatic carbocycles. The van der Waals surface area contributed by atoms with Crippen LogP contribution in [0.4, 0.5) is 10.5 Å². The summed E-state index contributed by atoms with van der Waals surface area (Å²) in [6.45, 7) is 0.430. The molecule has 6 nitrogen and oxygen atoms in total. The van der Waals surface area contributed by atoms with Crippen LogP contribution in [0.15, 0.2) is 47.8 Å². The zero-order chi connectivity index (χ0) is 18.6. The molecule has 1 heterocycles. The highest BCUT2D eigenvalue weighted by atomic mass is 32.1. The molecule has 2 aromatic carbocycles. The molecule has 0 saturated carbocycles. The molecule has 3 N–H and O–H groups in total. The number of fused-ring (bicyclic) bond motifs is 1. The number of nitrogens with one attached hydrogen (secondary N) is 2. The van der Waals surface area contributed by atoms with E-state index in [4.69, 9.17) is 0 Å². The molecule has 3 aromatic rings. The third-order valence-corrected chi connectivity index (χ3v) is 5.28. The summed E-state index contributed by atoms with van der Waals surface area (Å²) in [5.41, 5.74) is 5.87. The van der Waals surface area contributed by atoms with Gasteiger partial charge in [0.05, 0.1) is 6.10 Å². The molecule has 1 atom stereocenters. The average molecular weight is 380 g/mol. The first-order chi connectivity index (χ1) is 13.2. The molecule has 7 heteroatoms. The van der Waals surface area contributed by atoms with Crippen molar-refractivity contribution >= 4 is 23.3 Å². The van der Waals surface area contributed by atoms with Gasteiger partial charge in [-0.2, -0.15) is 0 Å². The van der Waals surface area contributed by atoms with Crippen LogP contribution in [0.25, 0.3) is 11.3 Å². The lowest BCUT2D eigenvalue weighted by Gasteiger charge is -2.23. The van der Waals surface area contributed by atoms with E-state index in [-0.39, 0.29) is 12.1 Å². The molecule has 0 fully saturated rings. The van der Waals surface area contributed by atoms with E-state index in [1.165, 1.54) is 17.1 Å². The number of aromatic nitrogens is 2. The summed E-state index contributed by atoms with van der Waals surface area (Å²) in [7, 11) is 0. The maximum atomic E-state index is 12.3. The van der Waals surface area contributed by atoms with Crippen molar-refractivity contribution in [2.24, 2.45) is 0 Å². The molecule has 4 rings (SSSR count). The summed E-state index contributed by atoms with van der Waals surface area (Å²) in [6, 6.07) is 13.5. The molecular formula is C20H20N4O2S. The minimum atomic E-state index is -0.338. The van der Waals surface area contributed by atoms with Gasteiger partial charge in [0.2, 0.25) is 0 Å². The van der Waals surface area contributed by atoms with E-state index in [0.717, 1.165) is 40.9 Å². The van der Waals surface area contributed by atoms with Crippen molar-refractivity contribution in [1.82, 2.24) is 14.9 Å². The van der Waals surface area contributed by atoms with Crippen LogP contribution in [0.2, 0.25) is 0 Å². The number of carbonyl (C=O) groups is 1. The number of urea groups is 1. The Balaban J connectivity index is 1.36. The number of rotatable bonds is 4. The highest BCUT2D eigenvalue weighted by molar-refractivity contribution is 7.03. The van der Waals surface area contributed by atoms with Crippen LogP contribution >= 0.6 is 11.5 Å². The third kappa shape index (κ3) is 4.15. The number of benzene rings is 2. The molecule has 2 amide bonds. The van der Waals surface area contributed by atoms with Gasteiger partial charge >= 0.3 is 6.03 Å². The molecule has 1 aromatic heterocycles. The van der Waals surface area contributed by atoms with Gasteiger partial charge in [-0.3, -0.25) is 0 Å². The standard InChI is InChI=1S/C20H20N4O2S/c25-16-9-8-14-2-1-3-18(17(14)10-16)22-20(26)21-11-13-4-6-15(7-5-13)19-12-27-24-23-19/h1-7,12,16,25H,8-11H2,(H2,21,22,26). The van der Waals surface area contributed by atoms with Crippen LogP contribution in [-0.4, -0.2) is 26.8 Å². The topological polar surface area (TPSA) is 87.1 Å². The van der Waals surface area contributed by atoms with Gasteiger partial charge in [-0.15, -0.1) is 5.10 Å². The lowest BCUT2D eigenvalue weighted by molar-refractivity contribution is 0.159. The van der Waals surface area contributed by atoms with Crippen LogP contribution in [-0.2, 0) is 19.4 Å². The van der Waals surface area contributed by atoms with Gasteiger partial charge in [0, 0.05) is 29.6 Å². The van der Waals surface area contributed by atoms with Crippen LogP contribution in [0.1, 0.15) is 23.1 Å². The normalized spacial score (nSPS) is 15.8. The van der Waals surface area contributed by atoms with E-state index < -0.39 is 0 Å². The smallest absolute Gasteiger partial charge is 0.319 e. The summed E-state index contributed by atoms with van der Waals surface area (Å²) >= 11 is 1.32. The molecule has 0 bridgehead atoms. The first-order valence-corrected chi connectivity index (χ1v) is 9.73. The predicted molar refractivity (Wildman–Crippen MR) is 106 cm³/mol. The van der Waals surface area contributed by atoms with Crippen molar-refractivity contribution in [2.45, 2.75) is 31.9 Å². The molecule has 1 unspecified atom stereocenters. The predicted octanol–water partition coefficient (Wildman–Crippen LogP) is 3.38. The number of amides is 2. The quantitative estimate of drug-likeness (QED) is 0.648. The summed E-state index contributed by atoms with van der Waals surface area (Å²) < 4.78 is 3.87. The Morgan fingerprint density at radius 2 is 2.07 bits per heavy atom. The van der Waals surface area contributed by atoms with Gasteiger partial charge in [0.15, 0.2) is 0 Å². The maximum Gasteiger partial charge on any atom is 0.319 e. The molecule has 138 valence electrons. The number of aryl methyl sites for hydroxylation is 1. The number of hydrogen-bond donors (Lipinski definition) is 3. The van der Waals surface area contributed by atoms with E-state index in [1.807, 2.05) is 41.8 Å². The van der Waals surface area contributed by atoms with E-state index in [9.17, 15) is 9.90 Å². The molecule has 0 saturated heterocycles. The Hall–Kier alpha value is -2.77. The molecule has 0 aliphatic heterocycles. The Labute approximate surface area is 161 Å². The van der Waals surface area contributed by atoms with Crippen molar-refractivity contribution in [3.8, 4) is 11.3 Å². The fraction of sp³-hybridized carbons (Fsp3) is 0.250. The maximum absolute atomic E-state index is 12.3. The number of nitrogens with zero attached hydrogens (tertiary/aromatic N) is 2. The number of aliphatic hydroxyl groups is 1. The van der Waals surface area contributed by atoms with Gasteiger partial charge in [-0.05, 0) is 47.1 Å². The van der Waals surface area contributed by atoms with Gasteiger partial charge < -0.3 is 15.7 Å². The zero-order valence-corrected chi connectivity index (χ0v) is 15.5. The summed E-state index contributed by atoms with van der Waals surface area (Å²) in [5, 5.41) is 21.7. The van der Waals surface area contributed by atoms with E-state index in [0.29, 0.717) is 13.0 Å². The van der Waals surface area contributed by atoms with Crippen molar-refractivity contribution in [3.05, 3.63) is 64.5 Å².